The van der Waals surface area contributed by atoms with E-state index in [1.807, 2.05) is 0 Å². The summed E-state index contributed by atoms with van der Waals surface area (Å²) in [6.07, 6.45) is -4.47. The van der Waals surface area contributed by atoms with E-state index in [4.69, 9.17) is 0 Å². The number of carbonyl (C=O) groups excluding carboxylic acids is 1. The molecule has 12 heavy (non-hydrogen) atoms. The van der Waals surface area contributed by atoms with Gasteiger partial charge in [0.25, 0.3) is 0 Å². The predicted molar refractivity (Wildman–Crippen MR) is 33.2 cm³/mol. The Kier molecular flexibility index (Phi) is 2.56. The van der Waals surface area contributed by atoms with Crippen LogP contribution in [0.15, 0.2) is 0 Å². The molecule has 3 nitrogen and oxygen atoms in total. The van der Waals surface area contributed by atoms with Crippen molar-refractivity contribution >= 4 is 5.97 Å². The Morgan fingerprint density at radius 1 is 1.50 bits per heavy atom. The van der Waals surface area contributed by atoms with Crippen molar-refractivity contribution in [3.05, 3.63) is 0 Å². The summed E-state index contributed by atoms with van der Waals surface area (Å²) in [4.78, 5) is 10.2. The molecule has 1 N–H and O–H groups in total. The zero-order valence-electron chi connectivity index (χ0n) is 6.15. The molecule has 1 aliphatic heterocycles. The number of alkyl halides is 3. The molecule has 1 atom stereocenters. The van der Waals surface area contributed by atoms with Gasteiger partial charge < -0.3 is 4.74 Å². The van der Waals surface area contributed by atoms with Crippen molar-refractivity contribution in [2.24, 2.45) is 0 Å². The van der Waals surface area contributed by atoms with Crippen LogP contribution in [0.1, 0.15) is 12.8 Å². The molecule has 0 radical (unpaired) electrons. The minimum atomic E-state index is -4.88. The number of ether oxygens (including phenoxy) is 1. The lowest BCUT2D eigenvalue weighted by atomic mass is 10.4. The first kappa shape index (κ1) is 9.31. The normalized spacial score (nSPS) is 24.1. The highest BCUT2D eigenvalue weighted by Crippen LogP contribution is 2.18. The molecule has 1 saturated heterocycles. The highest BCUT2D eigenvalue weighted by molar-refractivity contribution is 5.75. The molecule has 0 aromatic heterocycles. The molecular weight excluding hydrogens is 175 g/mol. The Hall–Kier alpha value is -0.780. The zero-order valence-corrected chi connectivity index (χ0v) is 6.15. The van der Waals surface area contributed by atoms with Crippen molar-refractivity contribution in [1.82, 2.24) is 5.32 Å². The fourth-order valence-corrected chi connectivity index (χ4v) is 0.949. The van der Waals surface area contributed by atoms with Gasteiger partial charge in [-0.3, -0.25) is 5.32 Å². The third kappa shape index (κ3) is 2.37. The Bertz CT molecular complexity index is 174. The average molecular weight is 183 g/mol. The van der Waals surface area contributed by atoms with E-state index >= 15 is 0 Å². The molecule has 0 saturated carbocycles. The lowest BCUT2D eigenvalue weighted by molar-refractivity contribution is -0.205. The number of nitrogens with one attached hydrogen (secondary N) is 1. The van der Waals surface area contributed by atoms with Gasteiger partial charge in [0.1, 0.15) is 0 Å². The Morgan fingerprint density at radius 3 is 2.58 bits per heavy atom. The summed E-state index contributed by atoms with van der Waals surface area (Å²) in [6, 6.07) is 0. The highest BCUT2D eigenvalue weighted by Gasteiger charge is 2.42. The number of hydrogen-bond donors (Lipinski definition) is 1. The molecule has 0 amide bonds. The summed E-state index contributed by atoms with van der Waals surface area (Å²) < 4.78 is 38.9. The van der Waals surface area contributed by atoms with Gasteiger partial charge in [-0.25, -0.2) is 4.79 Å². The summed E-state index contributed by atoms with van der Waals surface area (Å²) in [6.45, 7) is 0.593. The number of halogens is 3. The Labute approximate surface area is 66.9 Å². The molecule has 6 heteroatoms. The summed E-state index contributed by atoms with van der Waals surface area (Å²) in [5.74, 6) is -2.12. The maximum atomic E-state index is 11.6. The highest BCUT2D eigenvalue weighted by atomic mass is 19.4. The maximum Gasteiger partial charge on any atom is 0.490 e. The topological polar surface area (TPSA) is 38.3 Å². The summed E-state index contributed by atoms with van der Waals surface area (Å²) in [5.41, 5.74) is 0. The van der Waals surface area contributed by atoms with Crippen LogP contribution in [-0.4, -0.2) is 24.9 Å². The molecule has 0 aromatic carbocycles. The van der Waals surface area contributed by atoms with Gasteiger partial charge in [-0.15, -0.1) is 0 Å². The van der Waals surface area contributed by atoms with Gasteiger partial charge in [0.15, 0.2) is 6.23 Å². The molecule has 0 aromatic rings. The largest absolute Gasteiger partial charge is 0.490 e. The fourth-order valence-electron chi connectivity index (χ4n) is 0.949. The molecule has 1 fully saturated rings. The van der Waals surface area contributed by atoms with Crippen molar-refractivity contribution < 1.29 is 22.7 Å². The van der Waals surface area contributed by atoms with Crippen LogP contribution in [0, 0.1) is 0 Å². The molecule has 1 unspecified atom stereocenters. The molecule has 0 bridgehead atoms. The maximum absolute atomic E-state index is 11.6. The average Bonchev–Trinajstić information content (AvgIpc) is 2.37. The first-order chi connectivity index (χ1) is 5.50. The number of carbonyl (C=O) groups is 1. The second-order valence-corrected chi connectivity index (χ2v) is 2.49. The third-order valence-corrected chi connectivity index (χ3v) is 1.50. The van der Waals surface area contributed by atoms with Crippen molar-refractivity contribution in [2.45, 2.75) is 25.2 Å². The first-order valence-electron chi connectivity index (χ1n) is 3.51. The van der Waals surface area contributed by atoms with Gasteiger partial charge in [0.2, 0.25) is 0 Å². The van der Waals surface area contributed by atoms with Gasteiger partial charge in [-0.2, -0.15) is 13.2 Å². The summed E-state index contributed by atoms with van der Waals surface area (Å²) >= 11 is 0. The smallest absolute Gasteiger partial charge is 0.440 e. The first-order valence-corrected chi connectivity index (χ1v) is 3.51. The van der Waals surface area contributed by atoms with Gasteiger partial charge in [-0.05, 0) is 19.4 Å². The van der Waals surface area contributed by atoms with Crippen molar-refractivity contribution in [1.29, 1.82) is 0 Å². The van der Waals surface area contributed by atoms with Crippen LogP contribution in [0.5, 0.6) is 0 Å². The van der Waals surface area contributed by atoms with E-state index < -0.39 is 18.4 Å². The molecule has 1 heterocycles. The summed E-state index contributed by atoms with van der Waals surface area (Å²) in [5, 5.41) is 2.62. The zero-order chi connectivity index (χ0) is 9.19. The minimum Gasteiger partial charge on any atom is -0.440 e. The second-order valence-electron chi connectivity index (χ2n) is 2.49. The van der Waals surface area contributed by atoms with E-state index in [2.05, 4.69) is 10.1 Å². The third-order valence-electron chi connectivity index (χ3n) is 1.50. The van der Waals surface area contributed by atoms with E-state index in [9.17, 15) is 18.0 Å². The molecular formula is C6H8F3NO2. The van der Waals surface area contributed by atoms with Gasteiger partial charge in [0.05, 0.1) is 0 Å². The van der Waals surface area contributed by atoms with Gasteiger partial charge >= 0.3 is 12.1 Å². The van der Waals surface area contributed by atoms with E-state index in [0.29, 0.717) is 13.0 Å². The standard InChI is InChI=1S/C6H8F3NO2/c7-6(8,9)5(11)12-4-2-1-3-10-4/h4,10H,1-3H2. The van der Waals surface area contributed by atoms with Crippen LogP contribution in [0.25, 0.3) is 0 Å². The van der Waals surface area contributed by atoms with Gasteiger partial charge in [-0.1, -0.05) is 0 Å². The van der Waals surface area contributed by atoms with E-state index in [1.54, 1.807) is 0 Å². The molecule has 70 valence electrons. The van der Waals surface area contributed by atoms with E-state index in [-0.39, 0.29) is 0 Å². The molecule has 0 spiro atoms. The SMILES string of the molecule is O=C(OC1CCCN1)C(F)(F)F. The quantitative estimate of drug-likeness (QED) is 0.611. The molecule has 1 rings (SSSR count). The summed E-state index contributed by atoms with van der Waals surface area (Å²) in [7, 11) is 0. The van der Waals surface area contributed by atoms with Crippen LogP contribution in [-0.2, 0) is 9.53 Å². The van der Waals surface area contributed by atoms with Crippen molar-refractivity contribution in [3.63, 3.8) is 0 Å². The molecule has 0 aliphatic carbocycles. The fraction of sp³-hybridized carbons (Fsp3) is 0.833. The van der Waals surface area contributed by atoms with Crippen LogP contribution < -0.4 is 5.32 Å². The van der Waals surface area contributed by atoms with Crippen LogP contribution in [0.3, 0.4) is 0 Å². The van der Waals surface area contributed by atoms with E-state index in [0.717, 1.165) is 6.42 Å². The lowest BCUT2D eigenvalue weighted by Crippen LogP contribution is -2.34. The number of esters is 1. The van der Waals surface area contributed by atoms with Crippen LogP contribution in [0.4, 0.5) is 13.2 Å². The number of hydrogen-bond acceptors (Lipinski definition) is 3. The van der Waals surface area contributed by atoms with Crippen molar-refractivity contribution in [3.8, 4) is 0 Å². The minimum absolute atomic E-state index is 0.446. The lowest BCUT2D eigenvalue weighted by Gasteiger charge is -2.12. The van der Waals surface area contributed by atoms with Crippen LogP contribution in [0.2, 0.25) is 0 Å². The molecule has 1 aliphatic rings. The predicted octanol–water partition coefficient (Wildman–Crippen LogP) is 0.801. The Balaban J connectivity index is 2.35. The van der Waals surface area contributed by atoms with Crippen LogP contribution >= 0.6 is 0 Å². The monoisotopic (exact) mass is 183 g/mol. The van der Waals surface area contributed by atoms with E-state index in [1.165, 1.54) is 0 Å². The second kappa shape index (κ2) is 3.30. The van der Waals surface area contributed by atoms with Gasteiger partial charge in [0, 0.05) is 0 Å². The number of rotatable bonds is 1. The Morgan fingerprint density at radius 2 is 2.17 bits per heavy atom. The van der Waals surface area contributed by atoms with Crippen molar-refractivity contribution in [2.75, 3.05) is 6.54 Å².